The van der Waals surface area contributed by atoms with Gasteiger partial charge in [-0.25, -0.2) is 9.69 Å². The fourth-order valence-electron chi connectivity index (χ4n) is 3.86. The smallest absolute Gasteiger partial charge is 0.417 e. The maximum absolute atomic E-state index is 13.3. The highest BCUT2D eigenvalue weighted by molar-refractivity contribution is 6.03. The Morgan fingerprint density at radius 1 is 1.30 bits per heavy atom. The van der Waals surface area contributed by atoms with Gasteiger partial charge in [0.25, 0.3) is 5.91 Å². The lowest BCUT2D eigenvalue weighted by molar-refractivity contribution is -0.154. The molecule has 0 aromatic rings. The van der Waals surface area contributed by atoms with Crippen LogP contribution >= 0.6 is 0 Å². The van der Waals surface area contributed by atoms with Gasteiger partial charge in [0.2, 0.25) is 0 Å². The summed E-state index contributed by atoms with van der Waals surface area (Å²) in [7, 11) is 1.29. The summed E-state index contributed by atoms with van der Waals surface area (Å²) in [5.74, 6) is -0.778. The summed E-state index contributed by atoms with van der Waals surface area (Å²) in [6.45, 7) is 7.82. The van der Waals surface area contributed by atoms with Crippen LogP contribution in [0, 0.1) is 5.92 Å². The molecule has 2 aliphatic rings. The van der Waals surface area contributed by atoms with Crippen LogP contribution in [0.4, 0.5) is 4.79 Å². The molecule has 2 aliphatic heterocycles. The van der Waals surface area contributed by atoms with E-state index in [1.54, 1.807) is 19.9 Å². The van der Waals surface area contributed by atoms with Crippen LogP contribution in [0.3, 0.4) is 0 Å². The second-order valence-electron chi connectivity index (χ2n) is 8.03. The van der Waals surface area contributed by atoms with Crippen molar-refractivity contribution in [1.82, 2.24) is 4.90 Å². The quantitative estimate of drug-likeness (QED) is 0.555. The molecule has 0 aromatic carbocycles. The van der Waals surface area contributed by atoms with E-state index in [2.05, 4.69) is 0 Å². The van der Waals surface area contributed by atoms with Gasteiger partial charge in [-0.3, -0.25) is 9.59 Å². The molecule has 9 nitrogen and oxygen atoms in total. The Balaban J connectivity index is 2.18. The number of amides is 2. The molecule has 0 spiro atoms. The third kappa shape index (κ3) is 5.27. The fraction of sp³-hybridized carbons (Fsp3) is 0.667. The maximum Gasteiger partial charge on any atom is 0.417 e. The first kappa shape index (κ1) is 24.0. The average Bonchev–Trinajstić information content (AvgIpc) is 2.92. The Morgan fingerprint density at radius 2 is 2.00 bits per heavy atom. The highest BCUT2D eigenvalue weighted by Gasteiger charge is 2.54. The van der Waals surface area contributed by atoms with Crippen LogP contribution in [0.2, 0.25) is 0 Å². The third-order valence-corrected chi connectivity index (χ3v) is 4.98. The van der Waals surface area contributed by atoms with Gasteiger partial charge in [-0.2, -0.15) is 0 Å². The standard InChI is InChI=1S/C21H31NO8/c1-13(2)18-21(3,4)30-20(26)22(18)19(25)17(27-5)16-15(24)9-8-14(29-16)7-6-11-28-12-10-23/h7-9,13,16-18,23H,6,10-12H2,1-5H3/t16-,17-,18-/m1/s1. The van der Waals surface area contributed by atoms with Crippen LogP contribution in [0.5, 0.6) is 0 Å². The molecule has 1 N–H and O–H groups in total. The number of nitrogens with zero attached hydrogens (tertiary/aromatic N) is 1. The number of aliphatic hydroxyl groups excluding tert-OH is 1. The maximum atomic E-state index is 13.3. The number of hydrogen-bond donors (Lipinski definition) is 1. The number of carbonyl (C=O) groups is 3. The number of cyclic esters (lactones) is 1. The SMILES string of the molecule is CO[C@@H](C(=O)N1C(=O)OC(C)(C)[C@H]1C(C)C)[C@@H]1OC(=CCCOCCO)C=CC1=O. The van der Waals surface area contributed by atoms with Crippen LogP contribution in [-0.2, 0) is 28.5 Å². The van der Waals surface area contributed by atoms with E-state index in [0.717, 1.165) is 4.90 Å². The molecular weight excluding hydrogens is 394 g/mol. The van der Waals surface area contributed by atoms with Crippen LogP contribution < -0.4 is 0 Å². The van der Waals surface area contributed by atoms with Crippen molar-refractivity contribution >= 4 is 17.8 Å². The fourth-order valence-corrected chi connectivity index (χ4v) is 3.86. The van der Waals surface area contributed by atoms with Crippen molar-refractivity contribution in [3.05, 3.63) is 24.0 Å². The molecule has 168 valence electrons. The Bertz CT molecular complexity index is 712. The zero-order valence-corrected chi connectivity index (χ0v) is 18.1. The second kappa shape index (κ2) is 10.2. The second-order valence-corrected chi connectivity index (χ2v) is 8.03. The van der Waals surface area contributed by atoms with Gasteiger partial charge in [-0.1, -0.05) is 13.8 Å². The molecule has 1 saturated heterocycles. The van der Waals surface area contributed by atoms with Gasteiger partial charge in [0, 0.05) is 7.11 Å². The van der Waals surface area contributed by atoms with E-state index in [-0.39, 0.29) is 19.1 Å². The lowest BCUT2D eigenvalue weighted by atomic mass is 9.88. The highest BCUT2D eigenvalue weighted by Crippen LogP contribution is 2.35. The van der Waals surface area contributed by atoms with Crippen molar-refractivity contribution in [3.63, 3.8) is 0 Å². The minimum absolute atomic E-state index is 0.0612. The molecule has 0 bridgehead atoms. The van der Waals surface area contributed by atoms with Crippen molar-refractivity contribution < 1.29 is 38.4 Å². The molecule has 0 aromatic heterocycles. The predicted octanol–water partition coefficient (Wildman–Crippen LogP) is 1.59. The van der Waals surface area contributed by atoms with Gasteiger partial charge in [0.1, 0.15) is 11.4 Å². The van der Waals surface area contributed by atoms with E-state index in [9.17, 15) is 14.4 Å². The lowest BCUT2D eigenvalue weighted by Gasteiger charge is -2.34. The molecule has 9 heteroatoms. The molecule has 0 unspecified atom stereocenters. The molecule has 2 heterocycles. The number of hydrogen-bond acceptors (Lipinski definition) is 8. The van der Waals surface area contributed by atoms with Gasteiger partial charge in [0.15, 0.2) is 18.0 Å². The van der Waals surface area contributed by atoms with Gasteiger partial charge in [0.05, 0.1) is 25.9 Å². The molecule has 1 fully saturated rings. The molecule has 0 radical (unpaired) electrons. The normalized spacial score (nSPS) is 25.6. The van der Waals surface area contributed by atoms with Gasteiger partial charge in [-0.15, -0.1) is 0 Å². The summed E-state index contributed by atoms with van der Waals surface area (Å²) in [6.07, 6.45) is 1.75. The monoisotopic (exact) mass is 425 g/mol. The average molecular weight is 425 g/mol. The molecular formula is C21H31NO8. The minimum Gasteiger partial charge on any atom is -0.479 e. The van der Waals surface area contributed by atoms with E-state index in [4.69, 9.17) is 24.1 Å². The number of rotatable bonds is 9. The first-order chi connectivity index (χ1) is 14.1. The summed E-state index contributed by atoms with van der Waals surface area (Å²) in [5.41, 5.74) is -0.865. The summed E-state index contributed by atoms with van der Waals surface area (Å²) in [4.78, 5) is 39.2. The van der Waals surface area contributed by atoms with Crippen molar-refractivity contribution in [2.75, 3.05) is 26.9 Å². The van der Waals surface area contributed by atoms with Crippen LogP contribution in [-0.4, -0.2) is 78.6 Å². The first-order valence-electron chi connectivity index (χ1n) is 10.00. The van der Waals surface area contributed by atoms with Gasteiger partial charge >= 0.3 is 6.09 Å². The summed E-state index contributed by atoms with van der Waals surface area (Å²) < 4.78 is 21.6. The molecule has 2 amide bonds. The van der Waals surface area contributed by atoms with Crippen molar-refractivity contribution in [2.24, 2.45) is 5.92 Å². The Morgan fingerprint density at radius 3 is 2.60 bits per heavy atom. The predicted molar refractivity (Wildman–Crippen MR) is 106 cm³/mol. The van der Waals surface area contributed by atoms with E-state index >= 15 is 0 Å². The zero-order chi connectivity index (χ0) is 22.5. The minimum atomic E-state index is -1.31. The highest BCUT2D eigenvalue weighted by atomic mass is 16.6. The topological polar surface area (TPSA) is 112 Å². The third-order valence-electron chi connectivity index (χ3n) is 4.98. The van der Waals surface area contributed by atoms with Crippen LogP contribution in [0.1, 0.15) is 34.1 Å². The molecule has 0 aliphatic carbocycles. The molecule has 0 saturated carbocycles. The number of allylic oxidation sites excluding steroid dienone is 1. The van der Waals surface area contributed by atoms with Crippen LogP contribution in [0.25, 0.3) is 0 Å². The lowest BCUT2D eigenvalue weighted by Crippen LogP contribution is -2.55. The van der Waals surface area contributed by atoms with E-state index in [0.29, 0.717) is 18.8 Å². The number of methoxy groups -OCH3 is 1. The summed E-state index contributed by atoms with van der Waals surface area (Å²) in [6, 6.07) is -0.511. The zero-order valence-electron chi connectivity index (χ0n) is 18.1. The van der Waals surface area contributed by atoms with Crippen molar-refractivity contribution in [1.29, 1.82) is 0 Å². The van der Waals surface area contributed by atoms with Crippen molar-refractivity contribution in [2.45, 2.75) is 58.0 Å². The van der Waals surface area contributed by atoms with E-state index in [1.807, 2.05) is 13.8 Å². The van der Waals surface area contributed by atoms with E-state index < -0.39 is 41.6 Å². The van der Waals surface area contributed by atoms with Crippen molar-refractivity contribution in [3.8, 4) is 0 Å². The first-order valence-corrected chi connectivity index (χ1v) is 10.00. The largest absolute Gasteiger partial charge is 0.479 e. The van der Waals surface area contributed by atoms with Crippen LogP contribution in [0.15, 0.2) is 24.0 Å². The number of ether oxygens (including phenoxy) is 4. The van der Waals surface area contributed by atoms with Gasteiger partial charge in [-0.05, 0) is 44.4 Å². The molecule has 3 atom stereocenters. The number of ketones is 1. The Labute approximate surface area is 176 Å². The Hall–Kier alpha value is -2.23. The molecule has 2 rings (SSSR count). The summed E-state index contributed by atoms with van der Waals surface area (Å²) >= 11 is 0. The number of carbonyl (C=O) groups excluding carboxylic acids is 3. The number of imide groups is 1. The summed E-state index contributed by atoms with van der Waals surface area (Å²) in [5, 5.41) is 8.72. The van der Waals surface area contributed by atoms with E-state index in [1.165, 1.54) is 19.3 Å². The Kier molecular flexibility index (Phi) is 8.17. The number of aliphatic hydroxyl groups is 1. The molecule has 30 heavy (non-hydrogen) atoms. The van der Waals surface area contributed by atoms with Gasteiger partial charge < -0.3 is 24.1 Å².